The first-order valence-electron chi connectivity index (χ1n) is 5.83. The van der Waals surface area contributed by atoms with Gasteiger partial charge >= 0.3 is 18.1 Å². The molecule has 9 heteroatoms. The summed E-state index contributed by atoms with van der Waals surface area (Å²) in [7, 11) is 0. The quantitative estimate of drug-likeness (QED) is 0.458. The van der Waals surface area contributed by atoms with E-state index in [1.807, 2.05) is 0 Å². The number of hydrogen-bond acceptors (Lipinski definition) is 3. The highest BCUT2D eigenvalue weighted by Crippen LogP contribution is 2.15. The number of nitrogens with one attached hydrogen (secondary N) is 4. The average Bonchev–Trinajstić information content (AvgIpc) is 2.99. The van der Waals surface area contributed by atoms with Crippen molar-refractivity contribution in [3.8, 4) is 0 Å². The summed E-state index contributed by atoms with van der Waals surface area (Å²) in [5.41, 5.74) is 0. The third kappa shape index (κ3) is 1.59. The first-order chi connectivity index (χ1) is 8.66. The van der Waals surface area contributed by atoms with Crippen LogP contribution in [0.4, 0.5) is 14.4 Å². The minimum absolute atomic E-state index is 0.228. The second-order valence-corrected chi connectivity index (χ2v) is 4.36. The van der Waals surface area contributed by atoms with Crippen molar-refractivity contribution in [2.24, 2.45) is 0 Å². The number of hydrogen-bond donors (Lipinski definition) is 4. The molecule has 3 fully saturated rings. The van der Waals surface area contributed by atoms with Crippen LogP contribution in [-0.4, -0.2) is 66.4 Å². The highest BCUT2D eigenvalue weighted by molar-refractivity contribution is 5.83. The van der Waals surface area contributed by atoms with E-state index in [1.165, 1.54) is 9.80 Å². The molecule has 0 unspecified atom stereocenters. The summed E-state index contributed by atoms with van der Waals surface area (Å²) in [6.45, 7) is 2.11. The lowest BCUT2D eigenvalue weighted by atomic mass is 10.3. The summed E-state index contributed by atoms with van der Waals surface area (Å²) >= 11 is 0. The van der Waals surface area contributed by atoms with Gasteiger partial charge in [0.25, 0.3) is 0 Å². The van der Waals surface area contributed by atoms with Crippen LogP contribution in [0.15, 0.2) is 0 Å². The van der Waals surface area contributed by atoms with Crippen molar-refractivity contribution in [3.05, 3.63) is 0 Å². The third-order valence-corrected chi connectivity index (χ3v) is 3.31. The van der Waals surface area contributed by atoms with Gasteiger partial charge in [-0.3, -0.25) is 9.80 Å². The normalized spacial score (nSPS) is 31.2. The Kier molecular flexibility index (Phi) is 2.39. The van der Waals surface area contributed by atoms with E-state index in [2.05, 4.69) is 21.3 Å². The molecule has 98 valence electrons. The molecule has 3 saturated heterocycles. The fourth-order valence-corrected chi connectivity index (χ4v) is 2.47. The van der Waals surface area contributed by atoms with Gasteiger partial charge in [0.05, 0.1) is 0 Å². The molecule has 0 spiro atoms. The number of carbonyl (C=O) groups is 3. The van der Waals surface area contributed by atoms with Gasteiger partial charge in [-0.25, -0.2) is 14.4 Å². The van der Waals surface area contributed by atoms with Crippen molar-refractivity contribution < 1.29 is 14.4 Å². The Morgan fingerprint density at radius 1 is 0.833 bits per heavy atom. The van der Waals surface area contributed by atoms with Crippen LogP contribution in [0.3, 0.4) is 0 Å². The first kappa shape index (κ1) is 10.9. The van der Waals surface area contributed by atoms with Crippen LogP contribution in [0.2, 0.25) is 0 Å². The van der Waals surface area contributed by atoms with Gasteiger partial charge in [0.15, 0.2) is 0 Å². The summed E-state index contributed by atoms with van der Waals surface area (Å²) < 4.78 is 0. The van der Waals surface area contributed by atoms with Crippen molar-refractivity contribution in [2.45, 2.75) is 12.3 Å². The number of carbonyl (C=O) groups excluding carboxylic acids is 3. The van der Waals surface area contributed by atoms with E-state index >= 15 is 0 Å². The molecule has 0 aliphatic carbocycles. The van der Waals surface area contributed by atoms with Gasteiger partial charge in [-0.05, 0) is 0 Å². The van der Waals surface area contributed by atoms with Crippen molar-refractivity contribution in [3.63, 3.8) is 0 Å². The zero-order valence-corrected chi connectivity index (χ0v) is 9.60. The lowest BCUT2D eigenvalue weighted by Gasteiger charge is -2.31. The molecule has 0 radical (unpaired) electrons. The fraction of sp³-hybridized carbons (Fsp3) is 0.667. The molecule has 18 heavy (non-hydrogen) atoms. The molecule has 0 aromatic rings. The molecule has 0 aromatic heterocycles. The van der Waals surface area contributed by atoms with Gasteiger partial charge in [-0.1, -0.05) is 0 Å². The van der Waals surface area contributed by atoms with Crippen LogP contribution in [0, 0.1) is 0 Å². The lowest BCUT2D eigenvalue weighted by Crippen LogP contribution is -2.57. The SMILES string of the molecule is O=C1N[C@@H](N2CCNC2=O)[C@@H](N2CCNC2=O)N1. The second-order valence-electron chi connectivity index (χ2n) is 4.36. The monoisotopic (exact) mass is 254 g/mol. The molecule has 3 rings (SSSR count). The summed E-state index contributed by atoms with van der Waals surface area (Å²) in [5, 5.41) is 10.7. The van der Waals surface area contributed by atoms with Gasteiger partial charge in [0.2, 0.25) is 0 Å². The maximum Gasteiger partial charge on any atom is 0.319 e. The van der Waals surface area contributed by atoms with Crippen LogP contribution < -0.4 is 21.3 Å². The molecule has 3 aliphatic rings. The van der Waals surface area contributed by atoms with Crippen LogP contribution >= 0.6 is 0 Å². The van der Waals surface area contributed by atoms with Crippen LogP contribution in [0.5, 0.6) is 0 Å². The average molecular weight is 254 g/mol. The fourth-order valence-electron chi connectivity index (χ4n) is 2.47. The molecule has 0 bridgehead atoms. The maximum atomic E-state index is 11.6. The Bertz CT molecular complexity index is 377. The van der Waals surface area contributed by atoms with E-state index in [0.717, 1.165) is 0 Å². The Morgan fingerprint density at radius 2 is 1.28 bits per heavy atom. The largest absolute Gasteiger partial charge is 0.336 e. The predicted octanol–water partition coefficient (Wildman–Crippen LogP) is -2.00. The topological polar surface area (TPSA) is 106 Å². The number of nitrogens with zero attached hydrogens (tertiary/aromatic N) is 2. The summed E-state index contributed by atoms with van der Waals surface area (Å²) in [5.74, 6) is 0. The molecule has 9 nitrogen and oxygen atoms in total. The highest BCUT2D eigenvalue weighted by atomic mass is 16.2. The zero-order chi connectivity index (χ0) is 12.7. The second kappa shape index (κ2) is 3.93. The van der Waals surface area contributed by atoms with Gasteiger partial charge in [-0.2, -0.15) is 0 Å². The van der Waals surface area contributed by atoms with Gasteiger partial charge in [0.1, 0.15) is 12.3 Å². The molecule has 3 aliphatic heterocycles. The molecule has 0 saturated carbocycles. The van der Waals surface area contributed by atoms with Gasteiger partial charge in [0, 0.05) is 26.2 Å². The molecular formula is C9H14N6O3. The zero-order valence-electron chi connectivity index (χ0n) is 9.60. The van der Waals surface area contributed by atoms with E-state index < -0.39 is 12.3 Å². The minimum Gasteiger partial charge on any atom is -0.336 e. The Morgan fingerprint density at radius 3 is 1.61 bits per heavy atom. The van der Waals surface area contributed by atoms with E-state index in [-0.39, 0.29) is 18.1 Å². The van der Waals surface area contributed by atoms with Crippen LogP contribution in [0.25, 0.3) is 0 Å². The highest BCUT2D eigenvalue weighted by Gasteiger charge is 2.45. The van der Waals surface area contributed by atoms with E-state index in [1.54, 1.807) is 0 Å². The van der Waals surface area contributed by atoms with Crippen LogP contribution in [-0.2, 0) is 0 Å². The number of urea groups is 3. The molecule has 2 atom stereocenters. The molecular weight excluding hydrogens is 240 g/mol. The summed E-state index contributed by atoms with van der Waals surface area (Å²) in [4.78, 5) is 37.7. The Labute approximate surface area is 103 Å². The Hall–Kier alpha value is -2.19. The number of rotatable bonds is 2. The molecule has 6 amide bonds. The van der Waals surface area contributed by atoms with Gasteiger partial charge in [-0.15, -0.1) is 0 Å². The van der Waals surface area contributed by atoms with E-state index in [4.69, 9.17) is 0 Å². The van der Waals surface area contributed by atoms with E-state index in [0.29, 0.717) is 26.2 Å². The molecule has 0 aromatic carbocycles. The molecule has 4 N–H and O–H groups in total. The van der Waals surface area contributed by atoms with Crippen molar-refractivity contribution in [1.82, 2.24) is 31.1 Å². The maximum absolute atomic E-state index is 11.6. The van der Waals surface area contributed by atoms with Gasteiger partial charge < -0.3 is 21.3 Å². The first-order valence-corrected chi connectivity index (χ1v) is 5.83. The Balaban J connectivity index is 1.80. The van der Waals surface area contributed by atoms with Crippen LogP contribution in [0.1, 0.15) is 0 Å². The number of amides is 6. The summed E-state index contributed by atoms with van der Waals surface area (Å²) in [6.07, 6.45) is -1.05. The third-order valence-electron chi connectivity index (χ3n) is 3.31. The van der Waals surface area contributed by atoms with Crippen molar-refractivity contribution in [2.75, 3.05) is 26.2 Å². The smallest absolute Gasteiger partial charge is 0.319 e. The van der Waals surface area contributed by atoms with Crippen molar-refractivity contribution >= 4 is 18.1 Å². The lowest BCUT2D eigenvalue weighted by molar-refractivity contribution is 0.131. The standard InChI is InChI=1S/C9H14N6O3/c16-7-12-5(14-3-1-10-8(14)17)6(13-7)15-4-2-11-9(15)18/h5-6H,1-4H2,(H,10,17)(H,11,18)(H2,12,13,16)/t5-,6+. The predicted molar refractivity (Wildman–Crippen MR) is 59.5 cm³/mol. The summed E-state index contributed by atoms with van der Waals surface area (Å²) in [6, 6.07) is -0.827. The minimum atomic E-state index is -0.524. The van der Waals surface area contributed by atoms with Crippen molar-refractivity contribution in [1.29, 1.82) is 0 Å². The molecule has 3 heterocycles. The van der Waals surface area contributed by atoms with E-state index in [9.17, 15) is 14.4 Å².